The number of hydrogen-bond donors (Lipinski definition) is 0. The molecule has 3 aliphatic rings. The molecule has 0 N–H and O–H groups in total. The molecule has 0 aliphatic carbocycles. The Bertz CT molecular complexity index is 726. The molecule has 7 heteroatoms. The lowest BCUT2D eigenvalue weighted by Gasteiger charge is -2.36. The number of carbonyl (C=O) groups is 2. The third-order valence-corrected chi connectivity index (χ3v) is 6.21. The second-order valence-electron chi connectivity index (χ2n) is 7.96. The first-order valence-corrected chi connectivity index (χ1v) is 10.7. The fourth-order valence-electron chi connectivity index (χ4n) is 4.30. The van der Waals surface area contributed by atoms with Gasteiger partial charge in [0, 0.05) is 50.7 Å². The van der Waals surface area contributed by atoms with E-state index < -0.39 is 6.10 Å². The van der Waals surface area contributed by atoms with Crippen molar-refractivity contribution < 1.29 is 14.3 Å². The molecule has 1 aromatic carbocycles. The predicted molar refractivity (Wildman–Crippen MR) is 108 cm³/mol. The van der Waals surface area contributed by atoms with Gasteiger partial charge in [-0.15, -0.1) is 0 Å². The number of rotatable bonds is 3. The van der Waals surface area contributed by atoms with Gasteiger partial charge in [-0.05, 0) is 36.6 Å². The molecule has 0 saturated carbocycles. The first kappa shape index (κ1) is 19.5. The van der Waals surface area contributed by atoms with E-state index in [1.165, 1.54) is 12.8 Å². The van der Waals surface area contributed by atoms with Crippen LogP contribution in [0.5, 0.6) is 5.75 Å². The maximum Gasteiger partial charge on any atom is 0.264 e. The van der Waals surface area contributed by atoms with Gasteiger partial charge >= 0.3 is 0 Å². The number of hydrogen-bond acceptors (Lipinski definition) is 4. The molecule has 2 fully saturated rings. The van der Waals surface area contributed by atoms with Crippen LogP contribution in [0.1, 0.15) is 31.2 Å². The van der Waals surface area contributed by atoms with Gasteiger partial charge in [0.25, 0.3) is 5.91 Å². The fourth-order valence-corrected chi connectivity index (χ4v) is 4.49. The maximum atomic E-state index is 12.8. The molecule has 0 radical (unpaired) electrons. The molecule has 6 nitrogen and oxygen atoms in total. The standard InChI is InChI=1S/C21H28ClN3O3/c22-17-5-6-18-16(13-17)14-19(28-18)21(27)25-11-9-23(10-12-25)15-20(26)24-7-3-1-2-4-8-24/h5-6,13,19H,1-4,7-12,14-15H2/t19-/m1/s1. The van der Waals surface area contributed by atoms with Crippen LogP contribution in [0.3, 0.4) is 0 Å². The number of carbonyl (C=O) groups excluding carboxylic acids is 2. The van der Waals surface area contributed by atoms with Gasteiger partial charge < -0.3 is 14.5 Å². The molecule has 3 heterocycles. The Labute approximate surface area is 171 Å². The second kappa shape index (κ2) is 8.70. The zero-order chi connectivity index (χ0) is 19.5. The third kappa shape index (κ3) is 4.44. The van der Waals surface area contributed by atoms with E-state index in [1.807, 2.05) is 21.9 Å². The summed E-state index contributed by atoms with van der Waals surface area (Å²) in [5, 5.41) is 0.665. The predicted octanol–water partition coefficient (Wildman–Crippen LogP) is 2.19. The summed E-state index contributed by atoms with van der Waals surface area (Å²) in [6, 6.07) is 5.49. The summed E-state index contributed by atoms with van der Waals surface area (Å²) in [5.74, 6) is 1.02. The summed E-state index contributed by atoms with van der Waals surface area (Å²) in [5.41, 5.74) is 0.993. The summed E-state index contributed by atoms with van der Waals surface area (Å²) in [6.07, 6.45) is 4.79. The van der Waals surface area contributed by atoms with Gasteiger partial charge in [-0.25, -0.2) is 0 Å². The molecule has 0 aromatic heterocycles. The Balaban J connectivity index is 1.25. The minimum Gasteiger partial charge on any atom is -0.480 e. The topological polar surface area (TPSA) is 53.1 Å². The Morgan fingerprint density at radius 3 is 2.39 bits per heavy atom. The molecule has 0 spiro atoms. The lowest BCUT2D eigenvalue weighted by Crippen LogP contribution is -2.54. The van der Waals surface area contributed by atoms with Crippen molar-refractivity contribution in [2.45, 2.75) is 38.2 Å². The van der Waals surface area contributed by atoms with Gasteiger partial charge in [0.15, 0.2) is 6.10 Å². The van der Waals surface area contributed by atoms with Crippen LogP contribution < -0.4 is 4.74 Å². The van der Waals surface area contributed by atoms with Gasteiger partial charge in [-0.2, -0.15) is 0 Å². The summed E-state index contributed by atoms with van der Waals surface area (Å²) in [4.78, 5) is 31.5. The highest BCUT2D eigenvalue weighted by atomic mass is 35.5. The van der Waals surface area contributed by atoms with Crippen molar-refractivity contribution in [1.82, 2.24) is 14.7 Å². The molecule has 28 heavy (non-hydrogen) atoms. The Kier molecular flexibility index (Phi) is 6.07. The van der Waals surface area contributed by atoms with E-state index in [4.69, 9.17) is 16.3 Å². The number of fused-ring (bicyclic) bond motifs is 1. The van der Waals surface area contributed by atoms with Crippen LogP contribution in [-0.2, 0) is 16.0 Å². The van der Waals surface area contributed by atoms with E-state index in [1.54, 1.807) is 6.07 Å². The highest BCUT2D eigenvalue weighted by Crippen LogP contribution is 2.31. The molecular formula is C21H28ClN3O3. The SMILES string of the molecule is O=C(CN1CCN(C(=O)[C@H]2Cc3cc(Cl)ccc3O2)CC1)N1CCCCCC1. The Morgan fingerprint density at radius 2 is 1.68 bits per heavy atom. The lowest BCUT2D eigenvalue weighted by molar-refractivity contribution is -0.140. The molecule has 0 unspecified atom stereocenters. The number of halogens is 1. The average Bonchev–Trinajstić information content (AvgIpc) is 2.92. The molecule has 0 bridgehead atoms. The van der Waals surface area contributed by atoms with Crippen LogP contribution in [0, 0.1) is 0 Å². The van der Waals surface area contributed by atoms with Crippen molar-refractivity contribution in [2.75, 3.05) is 45.8 Å². The molecule has 1 atom stereocenters. The Morgan fingerprint density at radius 1 is 0.964 bits per heavy atom. The normalized spacial score (nSPS) is 23.1. The average molecular weight is 406 g/mol. The number of benzene rings is 1. The zero-order valence-electron chi connectivity index (χ0n) is 16.2. The van der Waals surface area contributed by atoms with Crippen molar-refractivity contribution in [3.05, 3.63) is 28.8 Å². The van der Waals surface area contributed by atoms with Gasteiger partial charge in [0.1, 0.15) is 5.75 Å². The fraction of sp³-hybridized carbons (Fsp3) is 0.619. The van der Waals surface area contributed by atoms with Crippen LogP contribution in [0.4, 0.5) is 0 Å². The number of amides is 2. The van der Waals surface area contributed by atoms with E-state index >= 15 is 0 Å². The first-order valence-electron chi connectivity index (χ1n) is 10.3. The van der Waals surface area contributed by atoms with Gasteiger partial charge in [0.05, 0.1) is 6.54 Å². The van der Waals surface area contributed by atoms with Crippen LogP contribution in [-0.4, -0.2) is 78.4 Å². The largest absolute Gasteiger partial charge is 0.480 e. The smallest absolute Gasteiger partial charge is 0.264 e. The number of piperazine rings is 1. The Hall–Kier alpha value is -1.79. The molecule has 4 rings (SSSR count). The maximum absolute atomic E-state index is 12.8. The summed E-state index contributed by atoms with van der Waals surface area (Å²) in [7, 11) is 0. The first-order chi connectivity index (χ1) is 13.6. The molecule has 152 valence electrons. The van der Waals surface area contributed by atoms with Crippen molar-refractivity contribution in [3.63, 3.8) is 0 Å². The third-order valence-electron chi connectivity index (χ3n) is 5.97. The van der Waals surface area contributed by atoms with Crippen molar-refractivity contribution >= 4 is 23.4 Å². The molecule has 1 aromatic rings. The van der Waals surface area contributed by atoms with Crippen LogP contribution in [0.25, 0.3) is 0 Å². The van der Waals surface area contributed by atoms with Gasteiger partial charge in [-0.1, -0.05) is 24.4 Å². The van der Waals surface area contributed by atoms with E-state index in [0.717, 1.165) is 50.3 Å². The summed E-state index contributed by atoms with van der Waals surface area (Å²) < 4.78 is 5.84. The minimum absolute atomic E-state index is 0.0332. The number of nitrogens with zero attached hydrogens (tertiary/aromatic N) is 3. The minimum atomic E-state index is -0.459. The van der Waals surface area contributed by atoms with Crippen LogP contribution in [0.15, 0.2) is 18.2 Å². The molecule has 2 saturated heterocycles. The quantitative estimate of drug-likeness (QED) is 0.773. The molecular weight excluding hydrogens is 378 g/mol. The van der Waals surface area contributed by atoms with Gasteiger partial charge in [0.2, 0.25) is 5.91 Å². The van der Waals surface area contributed by atoms with E-state index in [9.17, 15) is 9.59 Å². The molecule has 2 amide bonds. The van der Waals surface area contributed by atoms with Crippen molar-refractivity contribution in [3.8, 4) is 5.75 Å². The zero-order valence-corrected chi connectivity index (χ0v) is 17.0. The number of likely N-dealkylation sites (tertiary alicyclic amines) is 1. The monoisotopic (exact) mass is 405 g/mol. The van der Waals surface area contributed by atoms with Crippen molar-refractivity contribution in [1.29, 1.82) is 0 Å². The summed E-state index contributed by atoms with van der Waals surface area (Å²) in [6.45, 7) is 4.99. The van der Waals surface area contributed by atoms with E-state index in [0.29, 0.717) is 31.1 Å². The van der Waals surface area contributed by atoms with Gasteiger partial charge in [-0.3, -0.25) is 14.5 Å². The number of ether oxygens (including phenoxy) is 1. The van der Waals surface area contributed by atoms with E-state index in [2.05, 4.69) is 4.90 Å². The molecule has 3 aliphatic heterocycles. The highest BCUT2D eigenvalue weighted by molar-refractivity contribution is 6.30. The van der Waals surface area contributed by atoms with E-state index in [-0.39, 0.29) is 11.8 Å². The van der Waals surface area contributed by atoms with Crippen LogP contribution >= 0.6 is 11.6 Å². The van der Waals surface area contributed by atoms with Crippen LogP contribution in [0.2, 0.25) is 5.02 Å². The lowest BCUT2D eigenvalue weighted by atomic mass is 10.1. The van der Waals surface area contributed by atoms with Crippen molar-refractivity contribution in [2.24, 2.45) is 0 Å². The summed E-state index contributed by atoms with van der Waals surface area (Å²) >= 11 is 6.03. The second-order valence-corrected chi connectivity index (χ2v) is 8.40. The highest BCUT2D eigenvalue weighted by Gasteiger charge is 2.34.